The number of nitrogens with zero attached hydrogens (tertiary/aromatic N) is 2. The number of rotatable bonds is 14. The molecule has 220 valence electrons. The number of aliphatic hydroxyl groups excluding tert-OH is 2. The first-order valence-electron chi connectivity index (χ1n) is 13.2. The van der Waals surface area contributed by atoms with E-state index in [2.05, 4.69) is 0 Å². The van der Waals surface area contributed by atoms with Crippen molar-refractivity contribution in [2.75, 3.05) is 39.3 Å². The van der Waals surface area contributed by atoms with Crippen molar-refractivity contribution in [2.45, 2.75) is 71.1 Å². The second-order valence-corrected chi connectivity index (χ2v) is 11.1. The van der Waals surface area contributed by atoms with Gasteiger partial charge >= 0.3 is 6.18 Å². The molecule has 1 aliphatic carbocycles. The highest BCUT2D eigenvalue weighted by atomic mass is 19.4. The Balaban J connectivity index is 2.38. The Labute approximate surface area is 227 Å². The van der Waals surface area contributed by atoms with E-state index in [9.17, 15) is 42.9 Å². The van der Waals surface area contributed by atoms with Crippen LogP contribution in [0.1, 0.15) is 67.4 Å². The zero-order valence-electron chi connectivity index (χ0n) is 23.3. The molecule has 0 saturated heterocycles. The number of halogens is 3. The number of phenolic OH excluding ortho intramolecular Hbond substituents is 1. The number of ketones is 3. The maximum atomic E-state index is 13.4. The van der Waals surface area contributed by atoms with E-state index >= 15 is 0 Å². The average molecular weight is 559 g/mol. The zero-order chi connectivity index (χ0) is 29.7. The number of aliphatic hydroxyl groups is 2. The number of carbonyl (C=O) groups is 3. The smallest absolute Gasteiger partial charge is 0.390 e. The van der Waals surface area contributed by atoms with Crippen molar-refractivity contribution in [2.24, 2.45) is 17.8 Å². The Bertz CT molecular complexity index is 1040. The molecule has 4 atom stereocenters. The number of anilines is 1. The van der Waals surface area contributed by atoms with Crippen LogP contribution in [0.4, 0.5) is 18.9 Å². The van der Waals surface area contributed by atoms with Gasteiger partial charge in [-0.2, -0.15) is 13.2 Å². The number of Topliss-reactive ketones (excluding diaryl/α,β-unsaturated/α-hetero) is 3. The molecule has 0 bridgehead atoms. The predicted molar refractivity (Wildman–Crippen MR) is 141 cm³/mol. The topological polar surface area (TPSA) is 118 Å². The average Bonchev–Trinajstić information content (AvgIpc) is 2.79. The van der Waals surface area contributed by atoms with Crippen molar-refractivity contribution < 1.29 is 42.9 Å². The Morgan fingerprint density at radius 1 is 1.15 bits per heavy atom. The van der Waals surface area contributed by atoms with Gasteiger partial charge in [0, 0.05) is 56.9 Å². The van der Waals surface area contributed by atoms with Gasteiger partial charge in [-0.15, -0.1) is 0 Å². The molecule has 2 rings (SSSR count). The lowest BCUT2D eigenvalue weighted by Gasteiger charge is -2.34. The molecule has 0 fully saturated rings. The van der Waals surface area contributed by atoms with Crippen LogP contribution in [0.15, 0.2) is 6.07 Å². The van der Waals surface area contributed by atoms with E-state index in [1.807, 2.05) is 0 Å². The zero-order valence-corrected chi connectivity index (χ0v) is 23.3. The van der Waals surface area contributed by atoms with Crippen molar-refractivity contribution >= 4 is 23.0 Å². The number of carbonyl (C=O) groups excluding carboxylic acids is 3. The summed E-state index contributed by atoms with van der Waals surface area (Å²) in [6, 6.07) is 0.857. The maximum Gasteiger partial charge on any atom is 0.390 e. The van der Waals surface area contributed by atoms with Gasteiger partial charge in [-0.1, -0.05) is 0 Å². The molecule has 0 amide bonds. The van der Waals surface area contributed by atoms with Gasteiger partial charge < -0.3 is 20.2 Å². The van der Waals surface area contributed by atoms with E-state index in [0.29, 0.717) is 29.7 Å². The second kappa shape index (κ2) is 13.7. The third kappa shape index (κ3) is 8.74. The summed E-state index contributed by atoms with van der Waals surface area (Å²) in [5.74, 6) is -2.77. The highest BCUT2D eigenvalue weighted by Crippen LogP contribution is 2.43. The molecule has 39 heavy (non-hydrogen) atoms. The number of hydrogen-bond acceptors (Lipinski definition) is 8. The summed E-state index contributed by atoms with van der Waals surface area (Å²) in [5.41, 5.74) is 1.80. The summed E-state index contributed by atoms with van der Waals surface area (Å²) in [6.07, 6.45) is -4.60. The highest BCUT2D eigenvalue weighted by molar-refractivity contribution is 6.03. The molecule has 0 aliphatic heterocycles. The van der Waals surface area contributed by atoms with Gasteiger partial charge in [0.1, 0.15) is 17.3 Å². The fourth-order valence-electron chi connectivity index (χ4n) is 5.55. The number of alkyl halides is 3. The second-order valence-electron chi connectivity index (χ2n) is 11.1. The quantitative estimate of drug-likeness (QED) is 0.297. The van der Waals surface area contributed by atoms with Crippen LogP contribution >= 0.6 is 0 Å². The van der Waals surface area contributed by atoms with Crippen LogP contribution in [-0.2, 0) is 22.6 Å². The first kappa shape index (κ1) is 32.7. The summed E-state index contributed by atoms with van der Waals surface area (Å²) in [4.78, 5) is 40.7. The Kier molecular flexibility index (Phi) is 11.5. The van der Waals surface area contributed by atoms with Gasteiger partial charge in [0.05, 0.1) is 25.0 Å². The molecule has 0 aromatic heterocycles. The molecule has 0 heterocycles. The monoisotopic (exact) mass is 558 g/mol. The molecule has 4 unspecified atom stereocenters. The van der Waals surface area contributed by atoms with Crippen molar-refractivity contribution in [3.8, 4) is 5.75 Å². The minimum absolute atomic E-state index is 0.0168. The van der Waals surface area contributed by atoms with Crippen LogP contribution in [-0.4, -0.2) is 84.1 Å². The minimum Gasteiger partial charge on any atom is -0.507 e. The summed E-state index contributed by atoms with van der Waals surface area (Å²) in [5, 5.41) is 30.6. The molecule has 8 nitrogen and oxygen atoms in total. The summed E-state index contributed by atoms with van der Waals surface area (Å²) in [7, 11) is 5.09. The number of benzene rings is 1. The van der Waals surface area contributed by atoms with Crippen molar-refractivity contribution in [1.29, 1.82) is 0 Å². The Hall–Kier alpha value is -2.50. The standard InChI is InChI=1S/C28H41F3N2O6/c1-16(13-28(29,30)31)33(5)14-20-12-23(32(3)4)21-10-18(11-25(38)26(21)27(20)39)9-19(6-7-34)22(15-35)24(37)8-17(2)36/h12,16,18-19,22,34-35,39H,6-11,13-15H2,1-5H3. The normalized spacial score (nSPS) is 18.0. The van der Waals surface area contributed by atoms with E-state index < -0.39 is 42.9 Å². The SMILES string of the molecule is CC(=O)CC(=O)C(CO)C(CCO)CC1CC(=O)c2c(O)c(CN(C)C(C)CC(F)(F)F)cc(N(C)C)c2C1. The summed E-state index contributed by atoms with van der Waals surface area (Å²) >= 11 is 0. The van der Waals surface area contributed by atoms with Crippen LogP contribution in [0.2, 0.25) is 0 Å². The lowest BCUT2D eigenvalue weighted by molar-refractivity contribution is -0.145. The van der Waals surface area contributed by atoms with E-state index in [0.717, 1.165) is 0 Å². The Morgan fingerprint density at radius 2 is 1.79 bits per heavy atom. The van der Waals surface area contributed by atoms with Crippen molar-refractivity contribution in [3.05, 3.63) is 22.8 Å². The molecule has 0 radical (unpaired) electrons. The van der Waals surface area contributed by atoms with Crippen LogP contribution in [0.3, 0.4) is 0 Å². The van der Waals surface area contributed by atoms with Crippen molar-refractivity contribution in [1.82, 2.24) is 4.90 Å². The number of fused-ring (bicyclic) bond motifs is 1. The molecule has 0 saturated carbocycles. The van der Waals surface area contributed by atoms with Gasteiger partial charge in [-0.05, 0) is 63.6 Å². The molecular weight excluding hydrogens is 517 g/mol. The lowest BCUT2D eigenvalue weighted by atomic mass is 9.73. The molecular formula is C28H41F3N2O6. The Morgan fingerprint density at radius 3 is 2.31 bits per heavy atom. The van der Waals surface area contributed by atoms with Gasteiger partial charge in [-0.3, -0.25) is 19.3 Å². The van der Waals surface area contributed by atoms with Crippen LogP contribution in [0, 0.1) is 17.8 Å². The largest absolute Gasteiger partial charge is 0.507 e. The van der Waals surface area contributed by atoms with E-state index in [1.165, 1.54) is 25.8 Å². The lowest BCUT2D eigenvalue weighted by Crippen LogP contribution is -2.34. The summed E-state index contributed by atoms with van der Waals surface area (Å²) < 4.78 is 38.7. The van der Waals surface area contributed by atoms with E-state index in [1.54, 1.807) is 25.1 Å². The van der Waals surface area contributed by atoms with Crippen LogP contribution in [0.25, 0.3) is 0 Å². The highest BCUT2D eigenvalue weighted by Gasteiger charge is 2.37. The van der Waals surface area contributed by atoms with Crippen LogP contribution in [0.5, 0.6) is 5.75 Å². The molecule has 1 aromatic carbocycles. The molecule has 3 N–H and O–H groups in total. The van der Waals surface area contributed by atoms with Gasteiger partial charge in [0.15, 0.2) is 5.78 Å². The van der Waals surface area contributed by atoms with Crippen LogP contribution < -0.4 is 4.90 Å². The van der Waals surface area contributed by atoms with E-state index in [4.69, 9.17) is 0 Å². The maximum absolute atomic E-state index is 13.4. The van der Waals surface area contributed by atoms with Gasteiger partial charge in [0.2, 0.25) is 0 Å². The fraction of sp³-hybridized carbons (Fsp3) is 0.679. The first-order valence-corrected chi connectivity index (χ1v) is 13.2. The molecule has 11 heteroatoms. The van der Waals surface area contributed by atoms with Crippen molar-refractivity contribution in [3.63, 3.8) is 0 Å². The molecule has 1 aliphatic rings. The molecule has 0 spiro atoms. The van der Waals surface area contributed by atoms with Gasteiger partial charge in [-0.25, -0.2) is 0 Å². The minimum atomic E-state index is -4.33. The summed E-state index contributed by atoms with van der Waals surface area (Å²) in [6.45, 7) is 2.07. The predicted octanol–water partition coefficient (Wildman–Crippen LogP) is 3.52. The number of aromatic hydroxyl groups is 1. The number of hydrogen-bond donors (Lipinski definition) is 3. The van der Waals surface area contributed by atoms with E-state index in [-0.39, 0.29) is 61.2 Å². The molecule has 1 aromatic rings. The van der Waals surface area contributed by atoms with Gasteiger partial charge in [0.25, 0.3) is 0 Å². The number of phenols is 1. The third-order valence-corrected chi connectivity index (χ3v) is 7.63. The fourth-order valence-corrected chi connectivity index (χ4v) is 5.55. The third-order valence-electron chi connectivity index (χ3n) is 7.63. The first-order chi connectivity index (χ1) is 18.1.